The maximum absolute atomic E-state index is 13.0. The minimum atomic E-state index is -3.87. The predicted octanol–water partition coefficient (Wildman–Crippen LogP) is 2.22. The van der Waals surface area contributed by atoms with E-state index in [4.69, 9.17) is 5.14 Å². The number of primary sulfonamides is 1. The maximum atomic E-state index is 13.0. The van der Waals surface area contributed by atoms with Crippen molar-refractivity contribution in [1.82, 2.24) is 9.88 Å². The number of nitrogens with two attached hydrogens (primary N) is 1. The van der Waals surface area contributed by atoms with Gasteiger partial charge in [0.05, 0.1) is 11.3 Å². The highest BCUT2D eigenvalue weighted by Crippen LogP contribution is 2.44. The monoisotopic (exact) mass is 351 g/mol. The molecule has 1 unspecified atom stereocenters. The first kappa shape index (κ1) is 17.4. The SMILES string of the molecule is Cc1ncc(S(N)(=O)=O)cc1C(=O)N1CCC1(C)C1CCCCC1. The Labute approximate surface area is 143 Å². The van der Waals surface area contributed by atoms with Crippen LogP contribution >= 0.6 is 0 Å². The Morgan fingerprint density at radius 2 is 2.00 bits per heavy atom. The molecule has 132 valence electrons. The van der Waals surface area contributed by atoms with Gasteiger partial charge in [-0.25, -0.2) is 13.6 Å². The van der Waals surface area contributed by atoms with Crippen molar-refractivity contribution >= 4 is 15.9 Å². The van der Waals surface area contributed by atoms with E-state index in [1.54, 1.807) is 6.92 Å². The van der Waals surface area contributed by atoms with Crippen molar-refractivity contribution in [3.8, 4) is 0 Å². The minimum absolute atomic E-state index is 0.114. The number of hydrogen-bond donors (Lipinski definition) is 1. The van der Waals surface area contributed by atoms with Gasteiger partial charge in [-0.05, 0) is 45.1 Å². The molecule has 1 aliphatic carbocycles. The molecule has 6 nitrogen and oxygen atoms in total. The number of hydrogen-bond acceptors (Lipinski definition) is 4. The zero-order valence-corrected chi connectivity index (χ0v) is 15.1. The van der Waals surface area contributed by atoms with Crippen LogP contribution in [-0.2, 0) is 10.0 Å². The summed E-state index contributed by atoms with van der Waals surface area (Å²) in [5.41, 5.74) is 0.746. The Balaban J connectivity index is 1.89. The summed E-state index contributed by atoms with van der Waals surface area (Å²) in [6.45, 7) is 4.60. The zero-order valence-electron chi connectivity index (χ0n) is 14.3. The Morgan fingerprint density at radius 1 is 1.33 bits per heavy atom. The number of aryl methyl sites for hydroxylation is 1. The first-order valence-corrected chi connectivity index (χ1v) is 10.1. The summed E-state index contributed by atoms with van der Waals surface area (Å²) in [4.78, 5) is 18.9. The van der Waals surface area contributed by atoms with E-state index in [1.165, 1.54) is 31.5 Å². The number of carbonyl (C=O) groups excluding carboxylic acids is 1. The molecule has 1 aromatic rings. The molecule has 0 bridgehead atoms. The van der Waals surface area contributed by atoms with Crippen molar-refractivity contribution < 1.29 is 13.2 Å². The van der Waals surface area contributed by atoms with Gasteiger partial charge in [0.1, 0.15) is 4.90 Å². The van der Waals surface area contributed by atoms with E-state index < -0.39 is 10.0 Å². The Bertz CT molecular complexity index is 756. The van der Waals surface area contributed by atoms with Gasteiger partial charge >= 0.3 is 0 Å². The van der Waals surface area contributed by atoms with Crippen LogP contribution in [0.1, 0.15) is 61.5 Å². The maximum Gasteiger partial charge on any atom is 0.256 e. The van der Waals surface area contributed by atoms with Gasteiger partial charge in [-0.1, -0.05) is 19.3 Å². The highest BCUT2D eigenvalue weighted by molar-refractivity contribution is 7.89. The van der Waals surface area contributed by atoms with E-state index in [1.807, 2.05) is 4.90 Å². The Kier molecular flexibility index (Phi) is 4.42. The van der Waals surface area contributed by atoms with Crippen LogP contribution in [0.15, 0.2) is 17.2 Å². The second kappa shape index (κ2) is 6.11. The van der Waals surface area contributed by atoms with E-state index in [-0.39, 0.29) is 16.3 Å². The summed E-state index contributed by atoms with van der Waals surface area (Å²) >= 11 is 0. The van der Waals surface area contributed by atoms with Gasteiger partial charge < -0.3 is 4.90 Å². The van der Waals surface area contributed by atoms with Gasteiger partial charge in [0.2, 0.25) is 10.0 Å². The number of rotatable bonds is 3. The van der Waals surface area contributed by atoms with Crippen molar-refractivity contribution in [2.24, 2.45) is 11.1 Å². The summed E-state index contributed by atoms with van der Waals surface area (Å²) in [5, 5.41) is 5.18. The van der Waals surface area contributed by atoms with Gasteiger partial charge in [0.25, 0.3) is 5.91 Å². The first-order valence-electron chi connectivity index (χ1n) is 8.55. The van der Waals surface area contributed by atoms with Crippen molar-refractivity contribution in [3.63, 3.8) is 0 Å². The van der Waals surface area contributed by atoms with Crippen LogP contribution in [0.3, 0.4) is 0 Å². The Morgan fingerprint density at radius 3 is 2.54 bits per heavy atom. The molecule has 2 heterocycles. The summed E-state index contributed by atoms with van der Waals surface area (Å²) in [7, 11) is -3.87. The van der Waals surface area contributed by atoms with Crippen molar-refractivity contribution in [3.05, 3.63) is 23.5 Å². The number of sulfonamides is 1. The topological polar surface area (TPSA) is 93.4 Å². The number of likely N-dealkylation sites (tertiary alicyclic amines) is 1. The second-order valence-corrected chi connectivity index (χ2v) is 8.81. The summed E-state index contributed by atoms with van der Waals surface area (Å²) in [6.07, 6.45) is 8.26. The molecule has 2 fully saturated rings. The van der Waals surface area contributed by atoms with Crippen LogP contribution in [0.25, 0.3) is 0 Å². The van der Waals surface area contributed by atoms with Crippen molar-refractivity contribution in [2.75, 3.05) is 6.54 Å². The van der Waals surface area contributed by atoms with Gasteiger partial charge in [-0.15, -0.1) is 0 Å². The van der Waals surface area contributed by atoms with Crippen LogP contribution < -0.4 is 5.14 Å². The lowest BCUT2D eigenvalue weighted by molar-refractivity contribution is -0.0363. The minimum Gasteiger partial charge on any atom is -0.333 e. The number of aromatic nitrogens is 1. The molecule has 1 aliphatic heterocycles. The first-order chi connectivity index (χ1) is 11.2. The van der Waals surface area contributed by atoms with E-state index in [2.05, 4.69) is 11.9 Å². The lowest BCUT2D eigenvalue weighted by Gasteiger charge is -2.56. The van der Waals surface area contributed by atoms with Gasteiger partial charge in [0, 0.05) is 18.3 Å². The lowest BCUT2D eigenvalue weighted by Crippen LogP contribution is -2.64. The quantitative estimate of drug-likeness (QED) is 0.903. The van der Waals surface area contributed by atoms with E-state index in [0.29, 0.717) is 23.7 Å². The molecule has 7 heteroatoms. The molecule has 1 aromatic heterocycles. The fourth-order valence-electron chi connectivity index (χ4n) is 4.09. The molecule has 2 aliphatic rings. The second-order valence-electron chi connectivity index (χ2n) is 7.25. The van der Waals surface area contributed by atoms with Crippen molar-refractivity contribution in [1.29, 1.82) is 0 Å². The predicted molar refractivity (Wildman–Crippen MR) is 91.0 cm³/mol. The third-order valence-corrected chi connectivity index (χ3v) is 6.69. The highest BCUT2D eigenvalue weighted by Gasteiger charge is 2.49. The molecular weight excluding hydrogens is 326 g/mol. The van der Waals surface area contributed by atoms with Gasteiger partial charge in [0.15, 0.2) is 0 Å². The number of pyridine rings is 1. The molecule has 1 atom stereocenters. The summed E-state index contributed by atoms with van der Waals surface area (Å²) < 4.78 is 23.1. The number of nitrogens with zero attached hydrogens (tertiary/aromatic N) is 2. The third kappa shape index (κ3) is 2.95. The summed E-state index contributed by atoms with van der Waals surface area (Å²) in [6, 6.07) is 1.36. The molecule has 1 amide bonds. The molecule has 3 rings (SSSR count). The summed E-state index contributed by atoms with van der Waals surface area (Å²) in [5.74, 6) is 0.392. The third-order valence-electron chi connectivity index (χ3n) is 5.81. The van der Waals surface area contributed by atoms with E-state index in [9.17, 15) is 13.2 Å². The number of amides is 1. The van der Waals surface area contributed by atoms with E-state index in [0.717, 1.165) is 19.3 Å². The van der Waals surface area contributed by atoms with Crippen LogP contribution in [-0.4, -0.2) is 36.3 Å². The van der Waals surface area contributed by atoms with Crippen LogP contribution in [0.2, 0.25) is 0 Å². The molecule has 0 spiro atoms. The standard InChI is InChI=1S/C17H25N3O3S/c1-12-15(10-14(11-19-12)24(18,22)23)16(21)20-9-8-17(20,2)13-6-4-3-5-7-13/h10-11,13H,3-9H2,1-2H3,(H2,18,22,23). The Hall–Kier alpha value is -1.47. The van der Waals surface area contributed by atoms with Crippen LogP contribution in [0, 0.1) is 12.8 Å². The van der Waals surface area contributed by atoms with Gasteiger partial charge in [-0.2, -0.15) is 0 Å². The highest BCUT2D eigenvalue weighted by atomic mass is 32.2. The van der Waals surface area contributed by atoms with Gasteiger partial charge in [-0.3, -0.25) is 9.78 Å². The van der Waals surface area contributed by atoms with Crippen molar-refractivity contribution in [2.45, 2.75) is 62.8 Å². The smallest absolute Gasteiger partial charge is 0.256 e. The molecule has 0 radical (unpaired) electrons. The normalized spacial score (nSPS) is 25.4. The fourth-order valence-corrected chi connectivity index (χ4v) is 4.57. The molecule has 0 aromatic carbocycles. The molecule has 1 saturated carbocycles. The number of carbonyl (C=O) groups is 1. The molecule has 2 N–H and O–H groups in total. The fraction of sp³-hybridized carbons (Fsp3) is 0.647. The molecule has 24 heavy (non-hydrogen) atoms. The van der Waals surface area contributed by atoms with Crippen LogP contribution in [0.5, 0.6) is 0 Å². The lowest BCUT2D eigenvalue weighted by atomic mass is 9.68. The average molecular weight is 351 g/mol. The largest absolute Gasteiger partial charge is 0.333 e. The molecule has 1 saturated heterocycles. The average Bonchev–Trinajstić information content (AvgIpc) is 2.53. The van der Waals surface area contributed by atoms with Crippen LogP contribution in [0.4, 0.5) is 0 Å². The van der Waals surface area contributed by atoms with E-state index >= 15 is 0 Å². The zero-order chi connectivity index (χ0) is 17.5. The molecular formula is C17H25N3O3S.